The zero-order chi connectivity index (χ0) is 13.1. The maximum atomic E-state index is 3.56. The van der Waals surface area contributed by atoms with Gasteiger partial charge in [-0.1, -0.05) is 18.2 Å². The summed E-state index contributed by atoms with van der Waals surface area (Å²) in [5, 5.41) is 3.56. The third-order valence-corrected chi connectivity index (χ3v) is 3.71. The first-order valence-corrected chi connectivity index (χ1v) is 6.28. The van der Waals surface area contributed by atoms with Crippen LogP contribution in [0.2, 0.25) is 0 Å². The van der Waals surface area contributed by atoms with E-state index in [-0.39, 0.29) is 5.54 Å². The van der Waals surface area contributed by atoms with Gasteiger partial charge in [-0.2, -0.15) is 0 Å². The number of nitrogens with one attached hydrogen (secondary N) is 1. The molecule has 0 unspecified atom stereocenters. The first-order valence-electron chi connectivity index (χ1n) is 6.28. The number of likely N-dealkylation sites (N-methyl/N-ethyl adjacent to an activating group) is 1. The van der Waals surface area contributed by atoms with Gasteiger partial charge >= 0.3 is 0 Å². The summed E-state index contributed by atoms with van der Waals surface area (Å²) in [5.41, 5.74) is 4.37. The summed E-state index contributed by atoms with van der Waals surface area (Å²) in [6.07, 6.45) is 0. The van der Waals surface area contributed by atoms with Gasteiger partial charge in [-0.15, -0.1) is 0 Å². The fraction of sp³-hybridized carbons (Fsp3) is 0.600. The minimum Gasteiger partial charge on any atom is -0.311 e. The summed E-state index contributed by atoms with van der Waals surface area (Å²) in [6.45, 7) is 10.8. The molecule has 0 aliphatic carbocycles. The molecule has 0 bridgehead atoms. The summed E-state index contributed by atoms with van der Waals surface area (Å²) >= 11 is 0. The van der Waals surface area contributed by atoms with Crippen molar-refractivity contribution in [3.05, 3.63) is 34.9 Å². The molecule has 0 fully saturated rings. The van der Waals surface area contributed by atoms with E-state index in [4.69, 9.17) is 0 Å². The molecule has 0 saturated heterocycles. The van der Waals surface area contributed by atoms with Crippen molar-refractivity contribution in [2.24, 2.45) is 0 Å². The fourth-order valence-corrected chi connectivity index (χ4v) is 1.78. The molecule has 0 atom stereocenters. The van der Waals surface area contributed by atoms with E-state index >= 15 is 0 Å². The lowest BCUT2D eigenvalue weighted by Gasteiger charge is -2.33. The highest BCUT2D eigenvalue weighted by molar-refractivity contribution is 5.33. The maximum absolute atomic E-state index is 3.56. The van der Waals surface area contributed by atoms with Crippen molar-refractivity contribution >= 4 is 0 Å². The van der Waals surface area contributed by atoms with Crippen molar-refractivity contribution in [2.75, 3.05) is 20.6 Å². The van der Waals surface area contributed by atoms with Crippen LogP contribution in [0.15, 0.2) is 18.2 Å². The largest absolute Gasteiger partial charge is 0.311 e. The van der Waals surface area contributed by atoms with Crippen LogP contribution in [0.3, 0.4) is 0 Å². The lowest BCUT2D eigenvalue weighted by Crippen LogP contribution is -2.46. The Hall–Kier alpha value is -0.860. The van der Waals surface area contributed by atoms with E-state index in [9.17, 15) is 0 Å². The van der Waals surface area contributed by atoms with Gasteiger partial charge in [0.05, 0.1) is 0 Å². The predicted octanol–water partition coefficient (Wildman–Crippen LogP) is 2.73. The van der Waals surface area contributed by atoms with Crippen molar-refractivity contribution in [2.45, 2.75) is 39.8 Å². The Morgan fingerprint density at radius 2 is 1.65 bits per heavy atom. The molecular formula is C15H26N2. The Labute approximate surface area is 106 Å². The highest BCUT2D eigenvalue weighted by Gasteiger charge is 2.19. The number of hydrogen-bond donors (Lipinski definition) is 1. The summed E-state index contributed by atoms with van der Waals surface area (Å²) in [7, 11) is 4.25. The Morgan fingerprint density at radius 3 is 2.12 bits per heavy atom. The van der Waals surface area contributed by atoms with Gasteiger partial charge in [-0.3, -0.25) is 0 Å². The van der Waals surface area contributed by atoms with Crippen LogP contribution in [0, 0.1) is 13.8 Å². The molecule has 2 nitrogen and oxygen atoms in total. The molecule has 17 heavy (non-hydrogen) atoms. The Bertz CT molecular complexity index is 347. The SMILES string of the molecule is Cc1cccc(C)c1CNCC(C)(C)N(C)C. The number of hydrogen-bond acceptors (Lipinski definition) is 2. The quantitative estimate of drug-likeness (QED) is 0.843. The summed E-state index contributed by atoms with van der Waals surface area (Å²) in [4.78, 5) is 2.25. The highest BCUT2D eigenvalue weighted by Crippen LogP contribution is 2.14. The maximum Gasteiger partial charge on any atom is 0.0271 e. The van der Waals surface area contributed by atoms with E-state index in [2.05, 4.69) is 70.2 Å². The summed E-state index contributed by atoms with van der Waals surface area (Å²) < 4.78 is 0. The van der Waals surface area contributed by atoms with E-state index in [0.29, 0.717) is 0 Å². The molecule has 1 aromatic carbocycles. The second kappa shape index (κ2) is 5.65. The monoisotopic (exact) mass is 234 g/mol. The predicted molar refractivity (Wildman–Crippen MR) is 75.4 cm³/mol. The van der Waals surface area contributed by atoms with E-state index in [1.54, 1.807) is 0 Å². The Kier molecular flexibility index (Phi) is 4.72. The van der Waals surface area contributed by atoms with Gasteiger partial charge in [0.2, 0.25) is 0 Å². The van der Waals surface area contributed by atoms with Crippen molar-refractivity contribution < 1.29 is 0 Å². The molecule has 0 aliphatic rings. The number of rotatable bonds is 5. The average Bonchev–Trinajstić information content (AvgIpc) is 2.22. The molecule has 1 aromatic rings. The van der Waals surface area contributed by atoms with Crippen molar-refractivity contribution in [1.82, 2.24) is 10.2 Å². The van der Waals surface area contributed by atoms with Crippen LogP contribution in [0.1, 0.15) is 30.5 Å². The minimum absolute atomic E-state index is 0.191. The molecular weight excluding hydrogens is 208 g/mol. The summed E-state index contributed by atoms with van der Waals surface area (Å²) in [5.74, 6) is 0. The van der Waals surface area contributed by atoms with Crippen molar-refractivity contribution in [1.29, 1.82) is 0 Å². The molecule has 0 heterocycles. The molecule has 1 N–H and O–H groups in total. The zero-order valence-corrected chi connectivity index (χ0v) is 12.1. The number of nitrogens with zero attached hydrogens (tertiary/aromatic N) is 1. The molecule has 0 radical (unpaired) electrons. The second-order valence-electron chi connectivity index (χ2n) is 5.68. The lowest BCUT2D eigenvalue weighted by molar-refractivity contribution is 0.189. The normalized spacial score (nSPS) is 12.2. The molecule has 1 rings (SSSR count). The molecule has 0 amide bonds. The Morgan fingerprint density at radius 1 is 1.12 bits per heavy atom. The van der Waals surface area contributed by atoms with Gasteiger partial charge in [0, 0.05) is 18.6 Å². The van der Waals surface area contributed by atoms with Crippen LogP contribution in [0.5, 0.6) is 0 Å². The molecule has 0 aliphatic heterocycles. The van der Waals surface area contributed by atoms with Crippen LogP contribution in [-0.2, 0) is 6.54 Å². The van der Waals surface area contributed by atoms with E-state index in [0.717, 1.165) is 13.1 Å². The standard InChI is InChI=1S/C15H26N2/c1-12-8-7-9-13(2)14(12)10-16-11-15(3,4)17(5)6/h7-9,16H,10-11H2,1-6H3. The van der Waals surface area contributed by atoms with Crippen LogP contribution in [0.4, 0.5) is 0 Å². The van der Waals surface area contributed by atoms with Gasteiger partial charge in [0.25, 0.3) is 0 Å². The van der Waals surface area contributed by atoms with E-state index in [1.165, 1.54) is 16.7 Å². The molecule has 0 aromatic heterocycles. The first-order chi connectivity index (χ1) is 7.84. The Balaban J connectivity index is 2.57. The van der Waals surface area contributed by atoms with Crippen molar-refractivity contribution in [3.63, 3.8) is 0 Å². The minimum atomic E-state index is 0.191. The fourth-order valence-electron chi connectivity index (χ4n) is 1.78. The topological polar surface area (TPSA) is 15.3 Å². The van der Waals surface area contributed by atoms with Gasteiger partial charge in [0.1, 0.15) is 0 Å². The third-order valence-electron chi connectivity index (χ3n) is 3.71. The second-order valence-corrected chi connectivity index (χ2v) is 5.68. The van der Waals surface area contributed by atoms with Gasteiger partial charge in [-0.25, -0.2) is 0 Å². The third kappa shape index (κ3) is 3.83. The lowest BCUT2D eigenvalue weighted by atomic mass is 10.0. The average molecular weight is 234 g/mol. The molecule has 2 heteroatoms. The first kappa shape index (κ1) is 14.2. The van der Waals surface area contributed by atoms with E-state index < -0.39 is 0 Å². The smallest absolute Gasteiger partial charge is 0.0271 e. The number of benzene rings is 1. The zero-order valence-electron chi connectivity index (χ0n) is 12.1. The van der Waals surface area contributed by atoms with Gasteiger partial charge in [-0.05, 0) is 58.5 Å². The highest BCUT2D eigenvalue weighted by atomic mass is 15.2. The van der Waals surface area contributed by atoms with Crippen LogP contribution < -0.4 is 5.32 Å². The van der Waals surface area contributed by atoms with Gasteiger partial charge < -0.3 is 10.2 Å². The van der Waals surface area contributed by atoms with Crippen LogP contribution >= 0.6 is 0 Å². The molecule has 0 saturated carbocycles. The van der Waals surface area contributed by atoms with Crippen molar-refractivity contribution in [3.8, 4) is 0 Å². The van der Waals surface area contributed by atoms with E-state index in [1.807, 2.05) is 0 Å². The molecule has 0 spiro atoms. The summed E-state index contributed by atoms with van der Waals surface area (Å²) in [6, 6.07) is 6.49. The number of aryl methyl sites for hydroxylation is 2. The van der Waals surface area contributed by atoms with Crippen LogP contribution in [-0.4, -0.2) is 31.1 Å². The van der Waals surface area contributed by atoms with Gasteiger partial charge in [0.15, 0.2) is 0 Å². The molecule has 96 valence electrons. The van der Waals surface area contributed by atoms with Crippen LogP contribution in [0.25, 0.3) is 0 Å².